The molecule has 0 spiro atoms. The summed E-state index contributed by atoms with van der Waals surface area (Å²) in [5.74, 6) is 0. The molecule has 1 aliphatic heterocycles. The molecule has 0 unspecified atom stereocenters. The van der Waals surface area contributed by atoms with Gasteiger partial charge in [-0.25, -0.2) is 13.2 Å². The molecule has 0 aliphatic carbocycles. The highest BCUT2D eigenvalue weighted by molar-refractivity contribution is 7.92. The number of hydrogen-bond acceptors (Lipinski definition) is 4. The zero-order valence-corrected chi connectivity index (χ0v) is 17.7. The summed E-state index contributed by atoms with van der Waals surface area (Å²) in [7, 11) is -3.45. The Bertz CT molecular complexity index is 1230. The highest BCUT2D eigenvalue weighted by atomic mass is 32.2. The average Bonchev–Trinajstić information content (AvgIpc) is 2.73. The lowest BCUT2D eigenvalue weighted by Gasteiger charge is -2.30. The predicted octanol–water partition coefficient (Wildman–Crippen LogP) is 1.80. The first-order chi connectivity index (χ1) is 14.4. The Labute approximate surface area is 176 Å². The maximum atomic E-state index is 12.7. The van der Waals surface area contributed by atoms with Gasteiger partial charge in [0.15, 0.2) is 0 Å². The number of fused-ring (bicyclic) bond motifs is 1. The lowest BCUT2D eigenvalue weighted by molar-refractivity contribution is -0.917. The van der Waals surface area contributed by atoms with Crippen molar-refractivity contribution in [2.75, 3.05) is 26.2 Å². The molecule has 1 aromatic heterocycles. The third-order valence-electron chi connectivity index (χ3n) is 5.45. The Morgan fingerprint density at radius 2 is 1.80 bits per heavy atom. The van der Waals surface area contributed by atoms with Crippen LogP contribution in [0, 0.1) is 6.92 Å². The zero-order valence-electron chi connectivity index (χ0n) is 16.9. The monoisotopic (exact) mass is 425 g/mol. The van der Waals surface area contributed by atoms with E-state index in [1.807, 2.05) is 55.5 Å². The summed E-state index contributed by atoms with van der Waals surface area (Å²) in [5.41, 5.74) is 3.09. The molecule has 30 heavy (non-hydrogen) atoms. The predicted molar refractivity (Wildman–Crippen MR) is 118 cm³/mol. The van der Waals surface area contributed by atoms with Crippen LogP contribution < -0.4 is 10.5 Å². The summed E-state index contributed by atoms with van der Waals surface area (Å²) in [6.45, 7) is 4.91. The molecule has 0 amide bonds. The molecule has 1 fully saturated rings. The lowest BCUT2D eigenvalue weighted by atomic mass is 10.1. The van der Waals surface area contributed by atoms with Gasteiger partial charge in [-0.05, 0) is 30.2 Å². The van der Waals surface area contributed by atoms with E-state index in [1.54, 1.807) is 12.1 Å². The Kier molecular flexibility index (Phi) is 5.85. The van der Waals surface area contributed by atoms with E-state index in [0.717, 1.165) is 22.1 Å². The molecule has 6 nitrogen and oxygen atoms in total. The molecule has 2 heterocycles. The van der Waals surface area contributed by atoms with Gasteiger partial charge in [-0.15, -0.1) is 0 Å². The first kappa shape index (κ1) is 20.5. The van der Waals surface area contributed by atoms with E-state index in [1.165, 1.54) is 14.6 Å². The van der Waals surface area contributed by atoms with Crippen LogP contribution in [0.1, 0.15) is 16.7 Å². The van der Waals surface area contributed by atoms with Gasteiger partial charge >= 0.3 is 5.63 Å². The molecule has 4 rings (SSSR count). The highest BCUT2D eigenvalue weighted by Gasteiger charge is 2.27. The van der Waals surface area contributed by atoms with Crippen LogP contribution in [0.3, 0.4) is 0 Å². The van der Waals surface area contributed by atoms with Crippen molar-refractivity contribution in [1.82, 2.24) is 4.31 Å². The fourth-order valence-electron chi connectivity index (χ4n) is 3.80. The quantitative estimate of drug-likeness (QED) is 0.633. The molecule has 1 aliphatic rings. The van der Waals surface area contributed by atoms with E-state index in [4.69, 9.17) is 4.42 Å². The summed E-state index contributed by atoms with van der Waals surface area (Å²) in [5, 5.41) is 2.22. The molecule has 0 atom stereocenters. The molecule has 1 N–H and O–H groups in total. The normalized spacial score (nSPS) is 16.4. The van der Waals surface area contributed by atoms with Crippen molar-refractivity contribution in [1.29, 1.82) is 0 Å². The summed E-state index contributed by atoms with van der Waals surface area (Å²) in [4.78, 5) is 13.2. The Balaban J connectivity index is 1.43. The van der Waals surface area contributed by atoms with Gasteiger partial charge in [0.2, 0.25) is 10.0 Å². The van der Waals surface area contributed by atoms with Crippen molar-refractivity contribution < 1.29 is 17.7 Å². The fraction of sp³-hybridized carbons (Fsp3) is 0.261. The fourth-order valence-corrected chi connectivity index (χ4v) is 4.99. The van der Waals surface area contributed by atoms with E-state index in [9.17, 15) is 13.2 Å². The number of benzene rings is 2. The van der Waals surface area contributed by atoms with Gasteiger partial charge in [0, 0.05) is 22.4 Å². The summed E-state index contributed by atoms with van der Waals surface area (Å²) < 4.78 is 32.2. The van der Waals surface area contributed by atoms with Gasteiger partial charge in [-0.1, -0.05) is 42.5 Å². The van der Waals surface area contributed by atoms with Crippen LogP contribution in [0.4, 0.5) is 0 Å². The van der Waals surface area contributed by atoms with E-state index in [2.05, 4.69) is 0 Å². The maximum Gasteiger partial charge on any atom is 0.336 e. The van der Waals surface area contributed by atoms with Crippen LogP contribution in [-0.2, 0) is 16.6 Å². The standard InChI is InChI=1S/C23H24N2O4S/c1-18-7-8-21-20(16-23(26)29-22(21)15-18)17-24-10-12-25(13-11-24)30(27,28)14-9-19-5-3-2-4-6-19/h2-9,14-16H,10-13,17H2,1H3/p+1/b14-9+. The van der Waals surface area contributed by atoms with E-state index in [-0.39, 0.29) is 5.63 Å². The number of piperazine rings is 1. The van der Waals surface area contributed by atoms with Crippen LogP contribution in [0.2, 0.25) is 0 Å². The summed E-state index contributed by atoms with van der Waals surface area (Å²) in [6.07, 6.45) is 1.63. The third kappa shape index (κ3) is 4.70. The van der Waals surface area contributed by atoms with Crippen LogP contribution >= 0.6 is 0 Å². The lowest BCUT2D eigenvalue weighted by Crippen LogP contribution is -3.13. The molecule has 156 valence electrons. The second-order valence-corrected chi connectivity index (χ2v) is 9.49. The first-order valence-corrected chi connectivity index (χ1v) is 11.5. The number of quaternary nitrogens is 1. The van der Waals surface area contributed by atoms with Gasteiger partial charge in [-0.2, -0.15) is 4.31 Å². The number of aryl methyl sites for hydroxylation is 1. The van der Waals surface area contributed by atoms with Crippen molar-refractivity contribution >= 4 is 27.1 Å². The smallest absolute Gasteiger partial charge is 0.336 e. The van der Waals surface area contributed by atoms with Crippen LogP contribution in [0.15, 0.2) is 69.2 Å². The largest absolute Gasteiger partial charge is 0.423 e. The number of nitrogens with zero attached hydrogens (tertiary/aromatic N) is 1. The Hall–Kier alpha value is -2.74. The summed E-state index contributed by atoms with van der Waals surface area (Å²) >= 11 is 0. The molecule has 0 radical (unpaired) electrons. The van der Waals surface area contributed by atoms with Crippen LogP contribution in [-0.4, -0.2) is 38.9 Å². The van der Waals surface area contributed by atoms with Gasteiger partial charge in [0.05, 0.1) is 26.2 Å². The molecule has 7 heteroatoms. The van der Waals surface area contributed by atoms with Gasteiger partial charge < -0.3 is 9.32 Å². The Morgan fingerprint density at radius 3 is 2.53 bits per heavy atom. The van der Waals surface area contributed by atoms with Crippen LogP contribution in [0.25, 0.3) is 17.0 Å². The topological polar surface area (TPSA) is 72.0 Å². The van der Waals surface area contributed by atoms with Crippen molar-refractivity contribution in [2.45, 2.75) is 13.5 Å². The molecule has 2 aromatic carbocycles. The SMILES string of the molecule is Cc1ccc2c(C[NH+]3CCN(S(=O)(=O)/C=C/c4ccccc4)CC3)cc(=O)oc2c1. The average molecular weight is 426 g/mol. The van der Waals surface area contributed by atoms with Crippen LogP contribution in [0.5, 0.6) is 0 Å². The molecular formula is C23H25N2O4S+. The number of nitrogens with one attached hydrogen (secondary N) is 1. The molecular weight excluding hydrogens is 400 g/mol. The zero-order chi connectivity index (χ0) is 21.1. The maximum absolute atomic E-state index is 12.7. The minimum atomic E-state index is -3.45. The summed E-state index contributed by atoms with van der Waals surface area (Å²) in [6, 6.07) is 16.8. The molecule has 1 saturated heterocycles. The second kappa shape index (κ2) is 8.55. The number of rotatable bonds is 5. The van der Waals surface area contributed by atoms with E-state index >= 15 is 0 Å². The van der Waals surface area contributed by atoms with Gasteiger partial charge in [0.1, 0.15) is 12.1 Å². The van der Waals surface area contributed by atoms with E-state index in [0.29, 0.717) is 38.3 Å². The molecule has 3 aromatic rings. The minimum Gasteiger partial charge on any atom is -0.423 e. The minimum absolute atomic E-state index is 0.352. The van der Waals surface area contributed by atoms with Gasteiger partial charge in [0.25, 0.3) is 0 Å². The highest BCUT2D eigenvalue weighted by Crippen LogP contribution is 2.18. The van der Waals surface area contributed by atoms with Gasteiger partial charge in [-0.3, -0.25) is 0 Å². The Morgan fingerprint density at radius 1 is 1.07 bits per heavy atom. The first-order valence-electron chi connectivity index (χ1n) is 10.0. The molecule has 0 bridgehead atoms. The van der Waals surface area contributed by atoms with Crippen molar-refractivity contribution in [3.8, 4) is 0 Å². The second-order valence-electron chi connectivity index (χ2n) is 7.67. The number of sulfonamides is 1. The molecule has 0 saturated carbocycles. The van der Waals surface area contributed by atoms with Crippen molar-refractivity contribution in [2.24, 2.45) is 0 Å². The van der Waals surface area contributed by atoms with E-state index < -0.39 is 10.0 Å². The van der Waals surface area contributed by atoms with Crippen molar-refractivity contribution in [3.05, 3.63) is 87.1 Å². The number of hydrogen-bond donors (Lipinski definition) is 1. The van der Waals surface area contributed by atoms with Crippen molar-refractivity contribution in [3.63, 3.8) is 0 Å². The third-order valence-corrected chi connectivity index (χ3v) is 7.01.